The van der Waals surface area contributed by atoms with Gasteiger partial charge in [-0.15, -0.1) is 0 Å². The Labute approximate surface area is 121 Å². The largest absolute Gasteiger partial charge is 0.463 e. The Balaban J connectivity index is 1.89. The minimum Gasteiger partial charge on any atom is -0.463 e. The molecule has 0 aliphatic carbocycles. The van der Waals surface area contributed by atoms with Crippen LogP contribution in [0.3, 0.4) is 0 Å². The van der Waals surface area contributed by atoms with Crippen molar-refractivity contribution in [2.75, 3.05) is 5.32 Å². The summed E-state index contributed by atoms with van der Waals surface area (Å²) in [5.74, 6) is -0.285. The lowest BCUT2D eigenvalue weighted by molar-refractivity contribution is 0.100. The number of aromatic nitrogens is 1. The fourth-order valence-corrected chi connectivity index (χ4v) is 2.28. The number of ketones is 1. The third-order valence-corrected chi connectivity index (χ3v) is 3.42. The zero-order valence-corrected chi connectivity index (χ0v) is 11.7. The Morgan fingerprint density at radius 2 is 2.00 bits per heavy atom. The first-order valence-electron chi connectivity index (χ1n) is 6.51. The molecule has 3 rings (SSSR count). The summed E-state index contributed by atoms with van der Waals surface area (Å²) in [6.07, 6.45) is 1.59. The van der Waals surface area contributed by atoms with Crippen LogP contribution in [0.2, 0.25) is 0 Å². The lowest BCUT2D eigenvalue weighted by Crippen LogP contribution is -2.15. The third-order valence-electron chi connectivity index (χ3n) is 3.42. The molecule has 21 heavy (non-hydrogen) atoms. The molecule has 0 radical (unpaired) electrons. The molecule has 1 aromatic carbocycles. The lowest BCUT2D eigenvalue weighted by Gasteiger charge is -2.07. The second kappa shape index (κ2) is 4.94. The van der Waals surface area contributed by atoms with Gasteiger partial charge in [0.05, 0.1) is 11.8 Å². The summed E-state index contributed by atoms with van der Waals surface area (Å²) in [5.41, 5.74) is 3.18. The van der Waals surface area contributed by atoms with Crippen molar-refractivity contribution in [3.05, 3.63) is 53.9 Å². The molecule has 5 nitrogen and oxygen atoms in total. The molecule has 0 aliphatic rings. The van der Waals surface area contributed by atoms with Crippen molar-refractivity contribution < 1.29 is 14.0 Å². The van der Waals surface area contributed by atoms with Gasteiger partial charge in [0.1, 0.15) is 5.69 Å². The fraction of sp³-hybridized carbons (Fsp3) is 0.125. The van der Waals surface area contributed by atoms with Gasteiger partial charge in [-0.3, -0.25) is 9.59 Å². The quantitative estimate of drug-likeness (QED) is 0.750. The van der Waals surface area contributed by atoms with E-state index in [0.717, 1.165) is 5.52 Å². The number of carbonyl (C=O) groups excluding carboxylic acids is 2. The highest BCUT2D eigenvalue weighted by atomic mass is 16.3. The van der Waals surface area contributed by atoms with Crippen LogP contribution in [-0.2, 0) is 7.05 Å². The number of nitrogens with zero attached hydrogens (tertiary/aromatic N) is 1. The predicted octanol–water partition coefficient (Wildman–Crippen LogP) is 3.23. The fourth-order valence-electron chi connectivity index (χ4n) is 2.28. The van der Waals surface area contributed by atoms with Crippen molar-refractivity contribution in [3.63, 3.8) is 0 Å². The number of carbonyl (C=O) groups is 2. The first-order valence-corrected chi connectivity index (χ1v) is 6.51. The molecule has 1 amide bonds. The van der Waals surface area contributed by atoms with E-state index in [9.17, 15) is 9.59 Å². The van der Waals surface area contributed by atoms with E-state index in [0.29, 0.717) is 22.5 Å². The van der Waals surface area contributed by atoms with E-state index in [1.54, 1.807) is 48.2 Å². The number of hydrogen-bond acceptors (Lipinski definition) is 3. The van der Waals surface area contributed by atoms with Gasteiger partial charge in [0.25, 0.3) is 5.91 Å². The van der Waals surface area contributed by atoms with Crippen LogP contribution in [0.15, 0.2) is 47.1 Å². The SMILES string of the molecule is CC(=O)c1cccc(NC(=O)c2cc3occc3n2C)c1. The number of Topliss-reactive ketones (excluding diaryl/α,β-unsaturated/α-hetero) is 1. The molecule has 0 saturated heterocycles. The second-order valence-corrected chi connectivity index (χ2v) is 4.85. The number of nitrogens with one attached hydrogen (secondary N) is 1. The normalized spacial score (nSPS) is 10.8. The number of aryl methyl sites for hydroxylation is 1. The Bertz CT molecular complexity index is 842. The van der Waals surface area contributed by atoms with Crippen molar-refractivity contribution in [1.29, 1.82) is 0 Å². The minimum absolute atomic E-state index is 0.0394. The highest BCUT2D eigenvalue weighted by Crippen LogP contribution is 2.21. The van der Waals surface area contributed by atoms with E-state index in [-0.39, 0.29) is 11.7 Å². The first-order chi connectivity index (χ1) is 10.1. The maximum absolute atomic E-state index is 12.3. The van der Waals surface area contributed by atoms with Crippen LogP contribution >= 0.6 is 0 Å². The minimum atomic E-state index is -0.246. The molecular formula is C16H14N2O3. The van der Waals surface area contributed by atoms with Crippen LogP contribution in [-0.4, -0.2) is 16.3 Å². The highest BCUT2D eigenvalue weighted by molar-refractivity contribution is 6.06. The number of benzene rings is 1. The molecule has 0 spiro atoms. The van der Waals surface area contributed by atoms with Gasteiger partial charge in [-0.2, -0.15) is 0 Å². The molecular weight excluding hydrogens is 268 g/mol. The van der Waals surface area contributed by atoms with Crippen molar-refractivity contribution in [2.24, 2.45) is 7.05 Å². The highest BCUT2D eigenvalue weighted by Gasteiger charge is 2.15. The molecule has 0 fully saturated rings. The molecule has 5 heteroatoms. The van der Waals surface area contributed by atoms with E-state index in [4.69, 9.17) is 4.42 Å². The molecule has 0 bridgehead atoms. The van der Waals surface area contributed by atoms with Gasteiger partial charge >= 0.3 is 0 Å². The number of hydrogen-bond donors (Lipinski definition) is 1. The van der Waals surface area contributed by atoms with E-state index >= 15 is 0 Å². The number of amides is 1. The van der Waals surface area contributed by atoms with Gasteiger partial charge in [0, 0.05) is 30.4 Å². The molecule has 2 heterocycles. The molecule has 0 unspecified atom stereocenters. The van der Waals surface area contributed by atoms with Gasteiger partial charge in [-0.05, 0) is 19.1 Å². The molecule has 2 aromatic heterocycles. The number of rotatable bonds is 3. The van der Waals surface area contributed by atoms with Crippen LogP contribution in [0, 0.1) is 0 Å². The van der Waals surface area contributed by atoms with Crippen LogP contribution in [0.4, 0.5) is 5.69 Å². The average Bonchev–Trinajstić information content (AvgIpc) is 3.02. The van der Waals surface area contributed by atoms with Gasteiger partial charge in [-0.25, -0.2) is 0 Å². The Hall–Kier alpha value is -2.82. The zero-order valence-electron chi connectivity index (χ0n) is 11.7. The average molecular weight is 282 g/mol. The topological polar surface area (TPSA) is 64.2 Å². The van der Waals surface area contributed by atoms with Gasteiger partial charge in [-0.1, -0.05) is 12.1 Å². The van der Waals surface area contributed by atoms with E-state index in [1.807, 2.05) is 6.07 Å². The second-order valence-electron chi connectivity index (χ2n) is 4.85. The third kappa shape index (κ3) is 2.33. The number of furan rings is 1. The van der Waals surface area contributed by atoms with Gasteiger partial charge in [0.2, 0.25) is 0 Å². The van der Waals surface area contributed by atoms with Crippen molar-refractivity contribution in [1.82, 2.24) is 4.57 Å². The van der Waals surface area contributed by atoms with Crippen LogP contribution in [0.5, 0.6) is 0 Å². The Morgan fingerprint density at radius 3 is 2.71 bits per heavy atom. The van der Waals surface area contributed by atoms with Crippen molar-refractivity contribution in [2.45, 2.75) is 6.92 Å². The summed E-state index contributed by atoms with van der Waals surface area (Å²) in [5, 5.41) is 2.79. The monoisotopic (exact) mass is 282 g/mol. The smallest absolute Gasteiger partial charge is 0.272 e. The first kappa shape index (κ1) is 13.2. The summed E-state index contributed by atoms with van der Waals surface area (Å²) in [7, 11) is 1.80. The Morgan fingerprint density at radius 1 is 1.19 bits per heavy atom. The molecule has 0 saturated carbocycles. The van der Waals surface area contributed by atoms with Gasteiger partial charge < -0.3 is 14.3 Å². The maximum Gasteiger partial charge on any atom is 0.272 e. The number of fused-ring (bicyclic) bond motifs is 1. The van der Waals surface area contributed by atoms with E-state index in [1.165, 1.54) is 6.92 Å². The maximum atomic E-state index is 12.3. The van der Waals surface area contributed by atoms with E-state index in [2.05, 4.69) is 5.32 Å². The van der Waals surface area contributed by atoms with E-state index < -0.39 is 0 Å². The molecule has 3 aromatic rings. The van der Waals surface area contributed by atoms with Crippen LogP contribution < -0.4 is 5.32 Å². The predicted molar refractivity (Wildman–Crippen MR) is 79.6 cm³/mol. The summed E-state index contributed by atoms with van der Waals surface area (Å²) >= 11 is 0. The van der Waals surface area contributed by atoms with Crippen molar-refractivity contribution >= 4 is 28.5 Å². The summed E-state index contributed by atoms with van der Waals surface area (Å²) < 4.78 is 7.05. The molecule has 0 atom stereocenters. The van der Waals surface area contributed by atoms with Crippen LogP contribution in [0.25, 0.3) is 11.1 Å². The molecule has 0 aliphatic heterocycles. The van der Waals surface area contributed by atoms with Crippen LogP contribution in [0.1, 0.15) is 27.8 Å². The lowest BCUT2D eigenvalue weighted by atomic mass is 10.1. The Kier molecular flexibility index (Phi) is 3.10. The van der Waals surface area contributed by atoms with Crippen molar-refractivity contribution in [3.8, 4) is 0 Å². The van der Waals surface area contributed by atoms with Gasteiger partial charge in [0.15, 0.2) is 11.4 Å². The summed E-state index contributed by atoms with van der Waals surface area (Å²) in [4.78, 5) is 23.7. The zero-order chi connectivity index (χ0) is 15.0. The number of anilines is 1. The molecule has 106 valence electrons. The standard InChI is InChI=1S/C16H14N2O3/c1-10(19)11-4-3-5-12(8-11)17-16(20)14-9-15-13(18(14)2)6-7-21-15/h3-9H,1-2H3,(H,17,20). The summed E-state index contributed by atoms with van der Waals surface area (Å²) in [6, 6.07) is 10.4. The molecule has 1 N–H and O–H groups in total. The summed E-state index contributed by atoms with van der Waals surface area (Å²) in [6.45, 7) is 1.49.